The first-order valence-electron chi connectivity index (χ1n) is 13.8. The van der Waals surface area contributed by atoms with Gasteiger partial charge in [-0.15, -0.1) is 0 Å². The van der Waals surface area contributed by atoms with E-state index in [-0.39, 0.29) is 18.3 Å². The Bertz CT molecular complexity index is 1660. The minimum absolute atomic E-state index is 0.0168. The molecule has 41 heavy (non-hydrogen) atoms. The van der Waals surface area contributed by atoms with E-state index in [4.69, 9.17) is 9.47 Å². The maximum Gasteiger partial charge on any atom is 0.270 e. The van der Waals surface area contributed by atoms with E-state index in [1.165, 1.54) is 6.07 Å². The number of hydrogen-bond acceptors (Lipinski definition) is 4. The van der Waals surface area contributed by atoms with Crippen LogP contribution in [0.25, 0.3) is 10.9 Å². The monoisotopic (exact) mass is 549 g/mol. The van der Waals surface area contributed by atoms with E-state index in [2.05, 4.69) is 27.7 Å². The number of piperazine rings is 1. The number of ether oxygens (including phenoxy) is 2. The molecule has 6 nitrogen and oxygen atoms in total. The largest absolute Gasteiger partial charge is 0.495 e. The Balaban J connectivity index is 1.30. The van der Waals surface area contributed by atoms with Crippen LogP contribution in [0.1, 0.15) is 21.6 Å². The van der Waals surface area contributed by atoms with Crippen LogP contribution in [-0.4, -0.2) is 48.7 Å². The van der Waals surface area contributed by atoms with Gasteiger partial charge in [0.1, 0.15) is 29.6 Å². The number of hydrogen-bond donors (Lipinski definition) is 0. The summed E-state index contributed by atoms with van der Waals surface area (Å²) >= 11 is 0. The Morgan fingerprint density at radius 2 is 1.51 bits per heavy atom. The molecule has 1 amide bonds. The summed E-state index contributed by atoms with van der Waals surface area (Å²) in [5.74, 6) is 1.13. The third kappa shape index (κ3) is 5.48. The fraction of sp³-hybridized carbons (Fsp3) is 0.206. The van der Waals surface area contributed by atoms with E-state index in [0.717, 1.165) is 27.9 Å². The molecule has 208 valence electrons. The molecule has 0 unspecified atom stereocenters. The van der Waals surface area contributed by atoms with Gasteiger partial charge in [0.2, 0.25) is 0 Å². The number of fused-ring (bicyclic) bond motifs is 1. The number of carbonyl (C=O) groups is 1. The summed E-state index contributed by atoms with van der Waals surface area (Å²) in [5.41, 5.74) is 4.12. The summed E-state index contributed by atoms with van der Waals surface area (Å²) in [6, 6.07) is 32.4. The molecule has 6 rings (SSSR count). The van der Waals surface area contributed by atoms with Crippen molar-refractivity contribution in [1.29, 1.82) is 0 Å². The van der Waals surface area contributed by atoms with Crippen LogP contribution in [0.2, 0.25) is 0 Å². The Morgan fingerprint density at radius 3 is 2.29 bits per heavy atom. The minimum atomic E-state index is -0.301. The lowest BCUT2D eigenvalue weighted by Gasteiger charge is -2.36. The highest BCUT2D eigenvalue weighted by atomic mass is 19.1. The molecule has 0 saturated carbocycles. The van der Waals surface area contributed by atoms with Crippen LogP contribution in [0.5, 0.6) is 11.5 Å². The third-order valence-corrected chi connectivity index (χ3v) is 7.64. The van der Waals surface area contributed by atoms with Crippen LogP contribution in [-0.2, 0) is 13.2 Å². The van der Waals surface area contributed by atoms with Crippen molar-refractivity contribution in [1.82, 2.24) is 9.47 Å². The van der Waals surface area contributed by atoms with Crippen LogP contribution in [0.15, 0.2) is 103 Å². The van der Waals surface area contributed by atoms with E-state index in [0.29, 0.717) is 49.7 Å². The zero-order valence-electron chi connectivity index (χ0n) is 23.0. The van der Waals surface area contributed by atoms with E-state index < -0.39 is 0 Å². The van der Waals surface area contributed by atoms with Gasteiger partial charge in [0.05, 0.1) is 18.3 Å². The molecule has 1 aliphatic heterocycles. The number of halogens is 1. The van der Waals surface area contributed by atoms with E-state index >= 15 is 0 Å². The lowest BCUT2D eigenvalue weighted by molar-refractivity contribution is 0.0737. The SMILES string of the molecule is COc1ccccc1N1CCN(C(=O)c2cc3c(OCc4ccccc4F)cccc3n2Cc2ccccc2)CC1. The summed E-state index contributed by atoms with van der Waals surface area (Å²) in [7, 11) is 1.68. The van der Waals surface area contributed by atoms with Crippen molar-refractivity contribution in [2.75, 3.05) is 38.2 Å². The molecule has 0 atom stereocenters. The zero-order chi connectivity index (χ0) is 28.2. The number of anilines is 1. The zero-order valence-corrected chi connectivity index (χ0v) is 23.0. The molecule has 1 aliphatic rings. The van der Waals surface area contributed by atoms with Crippen molar-refractivity contribution in [3.05, 3.63) is 126 Å². The molecule has 0 radical (unpaired) electrons. The van der Waals surface area contributed by atoms with Crippen molar-refractivity contribution < 1.29 is 18.7 Å². The molecular weight excluding hydrogens is 517 g/mol. The number of methoxy groups -OCH3 is 1. The molecule has 0 bridgehead atoms. The number of benzene rings is 4. The highest BCUT2D eigenvalue weighted by Gasteiger charge is 2.27. The van der Waals surface area contributed by atoms with E-state index in [9.17, 15) is 9.18 Å². The van der Waals surface area contributed by atoms with Gasteiger partial charge >= 0.3 is 0 Å². The van der Waals surface area contributed by atoms with Crippen LogP contribution in [0, 0.1) is 5.82 Å². The van der Waals surface area contributed by atoms with Gasteiger partial charge in [0, 0.05) is 43.7 Å². The van der Waals surface area contributed by atoms with Crippen LogP contribution in [0.4, 0.5) is 10.1 Å². The predicted molar refractivity (Wildman–Crippen MR) is 159 cm³/mol. The lowest BCUT2D eigenvalue weighted by Crippen LogP contribution is -2.49. The molecular formula is C34H32FN3O3. The normalized spacial score (nSPS) is 13.4. The van der Waals surface area contributed by atoms with E-state index in [1.807, 2.05) is 65.6 Å². The van der Waals surface area contributed by atoms with Gasteiger partial charge in [-0.2, -0.15) is 0 Å². The van der Waals surface area contributed by atoms with Gasteiger partial charge in [-0.1, -0.05) is 66.7 Å². The summed E-state index contributed by atoms with van der Waals surface area (Å²) in [5, 5.41) is 0.829. The fourth-order valence-corrected chi connectivity index (χ4v) is 5.47. The topological polar surface area (TPSA) is 46.9 Å². The maximum atomic E-state index is 14.3. The van der Waals surface area contributed by atoms with Gasteiger partial charge < -0.3 is 23.8 Å². The number of aromatic nitrogens is 1. The number of amides is 1. The standard InChI is InChI=1S/C34H32FN3O3/c1-40-33-16-8-7-14-30(33)36-18-20-37(21-19-36)34(39)31-22-27-29(38(31)23-25-10-3-2-4-11-25)15-9-17-32(27)41-24-26-12-5-6-13-28(26)35/h2-17,22H,18-21,23-24H2,1H3. The second kappa shape index (κ2) is 11.8. The molecule has 1 fully saturated rings. The Labute approximate surface area is 239 Å². The first-order chi connectivity index (χ1) is 20.1. The van der Waals surface area contributed by atoms with Gasteiger partial charge in [-0.25, -0.2) is 4.39 Å². The maximum absolute atomic E-state index is 14.3. The van der Waals surface area contributed by atoms with Crippen molar-refractivity contribution >= 4 is 22.5 Å². The Morgan fingerprint density at radius 1 is 0.805 bits per heavy atom. The molecule has 0 spiro atoms. The first kappa shape index (κ1) is 26.4. The molecule has 7 heteroatoms. The molecule has 2 heterocycles. The number of para-hydroxylation sites is 2. The Kier molecular flexibility index (Phi) is 7.58. The van der Waals surface area contributed by atoms with E-state index in [1.54, 1.807) is 25.3 Å². The smallest absolute Gasteiger partial charge is 0.270 e. The second-order valence-corrected chi connectivity index (χ2v) is 10.1. The quantitative estimate of drug-likeness (QED) is 0.225. The van der Waals surface area contributed by atoms with Gasteiger partial charge in [0.15, 0.2) is 0 Å². The lowest BCUT2D eigenvalue weighted by atomic mass is 10.2. The summed E-state index contributed by atoms with van der Waals surface area (Å²) < 4.78 is 28.0. The van der Waals surface area contributed by atoms with Crippen LogP contribution in [0.3, 0.4) is 0 Å². The number of carbonyl (C=O) groups excluding carboxylic acids is 1. The predicted octanol–water partition coefficient (Wildman–Crippen LogP) is 6.38. The van der Waals surface area contributed by atoms with Crippen molar-refractivity contribution in [3.63, 3.8) is 0 Å². The summed E-state index contributed by atoms with van der Waals surface area (Å²) in [6.07, 6.45) is 0. The first-order valence-corrected chi connectivity index (χ1v) is 13.8. The molecule has 0 N–H and O–H groups in total. The van der Waals surface area contributed by atoms with Crippen molar-refractivity contribution in [2.45, 2.75) is 13.2 Å². The molecule has 1 aromatic heterocycles. The second-order valence-electron chi connectivity index (χ2n) is 10.1. The van der Waals surface area contributed by atoms with Crippen LogP contribution < -0.4 is 14.4 Å². The van der Waals surface area contributed by atoms with Gasteiger partial charge in [-0.3, -0.25) is 4.79 Å². The number of rotatable bonds is 8. The molecule has 4 aromatic carbocycles. The fourth-order valence-electron chi connectivity index (χ4n) is 5.47. The van der Waals surface area contributed by atoms with Crippen LogP contribution >= 0.6 is 0 Å². The minimum Gasteiger partial charge on any atom is -0.495 e. The summed E-state index contributed by atoms with van der Waals surface area (Å²) in [6.45, 7) is 3.26. The molecule has 0 aliphatic carbocycles. The highest BCUT2D eigenvalue weighted by Crippen LogP contribution is 2.32. The number of nitrogens with zero attached hydrogens (tertiary/aromatic N) is 3. The molecule has 5 aromatic rings. The third-order valence-electron chi connectivity index (χ3n) is 7.64. The molecule has 1 saturated heterocycles. The van der Waals surface area contributed by atoms with Gasteiger partial charge in [-0.05, 0) is 42.0 Å². The Hall–Kier alpha value is -4.78. The average molecular weight is 550 g/mol. The highest BCUT2D eigenvalue weighted by molar-refractivity contribution is 6.00. The van der Waals surface area contributed by atoms with Crippen molar-refractivity contribution in [3.8, 4) is 11.5 Å². The van der Waals surface area contributed by atoms with Gasteiger partial charge in [0.25, 0.3) is 5.91 Å². The average Bonchev–Trinajstić information content (AvgIpc) is 3.39. The van der Waals surface area contributed by atoms with Crippen molar-refractivity contribution in [2.24, 2.45) is 0 Å². The summed E-state index contributed by atoms with van der Waals surface area (Å²) in [4.78, 5) is 18.2.